The molecule has 1 aliphatic heterocycles. The lowest BCUT2D eigenvalue weighted by atomic mass is 9.97. The fraction of sp³-hybridized carbons (Fsp3) is 0.269. The van der Waals surface area contributed by atoms with Gasteiger partial charge in [0.05, 0.1) is 19.3 Å². The van der Waals surface area contributed by atoms with Crippen LogP contribution in [0.5, 0.6) is 0 Å². The topological polar surface area (TPSA) is 41.6 Å². The standard InChI is InChI=1S/C26H28N2O2/c1-20-10-12-23(13-11-20)25(22-7-3-2-4-8-22)27-26(29)24-9-5-6-21(18-24)19-28-14-16-30-17-15-28/h2-13,18,25H,14-17,19H2,1H3,(H,27,29)/t25-/m0/s1. The van der Waals surface area contributed by atoms with Gasteiger partial charge in [-0.25, -0.2) is 0 Å². The quantitative estimate of drug-likeness (QED) is 0.669. The maximum absolute atomic E-state index is 13.2. The molecule has 4 rings (SSSR count). The molecule has 1 heterocycles. The predicted molar refractivity (Wildman–Crippen MR) is 119 cm³/mol. The zero-order chi connectivity index (χ0) is 20.8. The summed E-state index contributed by atoms with van der Waals surface area (Å²) in [4.78, 5) is 15.5. The Morgan fingerprint density at radius 3 is 2.37 bits per heavy atom. The van der Waals surface area contributed by atoms with Gasteiger partial charge in [-0.2, -0.15) is 0 Å². The predicted octanol–water partition coefficient (Wildman–Crippen LogP) is 4.35. The van der Waals surface area contributed by atoms with E-state index >= 15 is 0 Å². The molecular formula is C26H28N2O2. The van der Waals surface area contributed by atoms with Crippen molar-refractivity contribution >= 4 is 5.91 Å². The third kappa shape index (κ3) is 5.15. The highest BCUT2D eigenvalue weighted by Crippen LogP contribution is 2.23. The maximum atomic E-state index is 13.2. The van der Waals surface area contributed by atoms with Crippen LogP contribution in [0.15, 0.2) is 78.9 Å². The van der Waals surface area contributed by atoms with Crippen molar-refractivity contribution in [2.75, 3.05) is 26.3 Å². The van der Waals surface area contributed by atoms with E-state index in [0.29, 0.717) is 5.56 Å². The number of nitrogens with one attached hydrogen (secondary N) is 1. The summed E-state index contributed by atoms with van der Waals surface area (Å²) in [6.07, 6.45) is 0. The SMILES string of the molecule is Cc1ccc([C@@H](NC(=O)c2cccc(CN3CCOCC3)c2)c2ccccc2)cc1. The lowest BCUT2D eigenvalue weighted by molar-refractivity contribution is 0.0342. The average molecular weight is 401 g/mol. The summed E-state index contributed by atoms with van der Waals surface area (Å²) in [6.45, 7) is 6.31. The molecule has 0 radical (unpaired) electrons. The largest absolute Gasteiger partial charge is 0.379 e. The highest BCUT2D eigenvalue weighted by atomic mass is 16.5. The number of nitrogens with zero attached hydrogens (tertiary/aromatic N) is 1. The molecule has 0 saturated carbocycles. The number of hydrogen-bond acceptors (Lipinski definition) is 3. The van der Waals surface area contributed by atoms with Gasteiger partial charge in [0.2, 0.25) is 0 Å². The maximum Gasteiger partial charge on any atom is 0.252 e. The molecule has 0 unspecified atom stereocenters. The van der Waals surface area contributed by atoms with Crippen LogP contribution >= 0.6 is 0 Å². The summed E-state index contributed by atoms with van der Waals surface area (Å²) in [6, 6.07) is 26.2. The summed E-state index contributed by atoms with van der Waals surface area (Å²) in [5.41, 5.74) is 5.18. The Labute approximate surface area is 178 Å². The first kappa shape index (κ1) is 20.3. The monoisotopic (exact) mass is 400 g/mol. The number of morpholine rings is 1. The van der Waals surface area contributed by atoms with Gasteiger partial charge in [0, 0.05) is 25.2 Å². The molecule has 1 fully saturated rings. The number of ether oxygens (including phenoxy) is 1. The van der Waals surface area contributed by atoms with Crippen LogP contribution < -0.4 is 5.32 Å². The molecule has 1 amide bonds. The molecule has 0 aromatic heterocycles. The van der Waals surface area contributed by atoms with Gasteiger partial charge in [0.1, 0.15) is 0 Å². The molecule has 3 aromatic rings. The van der Waals surface area contributed by atoms with E-state index in [2.05, 4.69) is 59.6 Å². The molecule has 3 aromatic carbocycles. The minimum Gasteiger partial charge on any atom is -0.379 e. The average Bonchev–Trinajstić information content (AvgIpc) is 2.79. The molecule has 0 spiro atoms. The van der Waals surface area contributed by atoms with Crippen molar-refractivity contribution in [3.63, 3.8) is 0 Å². The number of aryl methyl sites for hydroxylation is 1. The van der Waals surface area contributed by atoms with Crippen LogP contribution in [0.3, 0.4) is 0 Å². The molecule has 0 bridgehead atoms. The van der Waals surface area contributed by atoms with Gasteiger partial charge >= 0.3 is 0 Å². The molecule has 0 aliphatic carbocycles. The number of hydrogen-bond donors (Lipinski definition) is 1. The van der Waals surface area contributed by atoms with E-state index in [1.54, 1.807) is 0 Å². The third-order valence-electron chi connectivity index (χ3n) is 5.52. The second-order valence-electron chi connectivity index (χ2n) is 7.82. The number of carbonyl (C=O) groups excluding carboxylic acids is 1. The minimum atomic E-state index is -0.192. The number of benzene rings is 3. The van der Waals surface area contributed by atoms with Crippen molar-refractivity contribution in [2.24, 2.45) is 0 Å². The Morgan fingerprint density at radius 2 is 1.63 bits per heavy atom. The number of rotatable bonds is 6. The lowest BCUT2D eigenvalue weighted by Crippen LogP contribution is -2.35. The second-order valence-corrected chi connectivity index (χ2v) is 7.82. The van der Waals surface area contributed by atoms with E-state index in [1.165, 1.54) is 5.56 Å². The minimum absolute atomic E-state index is 0.0618. The normalized spacial score (nSPS) is 15.5. The number of carbonyl (C=O) groups is 1. The smallest absolute Gasteiger partial charge is 0.252 e. The molecule has 4 nitrogen and oxygen atoms in total. The van der Waals surface area contributed by atoms with Gasteiger partial charge in [0.15, 0.2) is 0 Å². The van der Waals surface area contributed by atoms with Gasteiger partial charge in [0.25, 0.3) is 5.91 Å². The Morgan fingerprint density at radius 1 is 0.933 bits per heavy atom. The highest BCUT2D eigenvalue weighted by molar-refractivity contribution is 5.94. The van der Waals surface area contributed by atoms with Crippen molar-refractivity contribution in [3.8, 4) is 0 Å². The Balaban J connectivity index is 1.53. The lowest BCUT2D eigenvalue weighted by Gasteiger charge is -2.26. The van der Waals surface area contributed by atoms with Gasteiger partial charge < -0.3 is 10.1 Å². The Bertz CT molecular complexity index is 964. The van der Waals surface area contributed by atoms with Gasteiger partial charge in [-0.1, -0.05) is 72.3 Å². The van der Waals surface area contributed by atoms with E-state index in [-0.39, 0.29) is 11.9 Å². The van der Waals surface area contributed by atoms with E-state index < -0.39 is 0 Å². The fourth-order valence-corrected chi connectivity index (χ4v) is 3.81. The Hall–Kier alpha value is -2.95. The van der Waals surface area contributed by atoms with Gasteiger partial charge in [-0.15, -0.1) is 0 Å². The summed E-state index contributed by atoms with van der Waals surface area (Å²) in [7, 11) is 0. The molecule has 4 heteroatoms. The summed E-state index contributed by atoms with van der Waals surface area (Å²) < 4.78 is 5.43. The molecule has 1 atom stereocenters. The van der Waals surface area contributed by atoms with E-state index in [0.717, 1.165) is 49.5 Å². The number of amides is 1. The van der Waals surface area contributed by atoms with Crippen LogP contribution in [0.1, 0.15) is 38.7 Å². The van der Waals surface area contributed by atoms with E-state index in [4.69, 9.17) is 4.74 Å². The molecule has 154 valence electrons. The van der Waals surface area contributed by atoms with Gasteiger partial charge in [-0.3, -0.25) is 9.69 Å². The molecular weight excluding hydrogens is 372 g/mol. The van der Waals surface area contributed by atoms with E-state index in [9.17, 15) is 4.79 Å². The van der Waals surface area contributed by atoms with Crippen molar-refractivity contribution in [1.29, 1.82) is 0 Å². The van der Waals surface area contributed by atoms with Crippen molar-refractivity contribution < 1.29 is 9.53 Å². The summed E-state index contributed by atoms with van der Waals surface area (Å²) in [5.74, 6) is -0.0618. The summed E-state index contributed by atoms with van der Waals surface area (Å²) >= 11 is 0. The van der Waals surface area contributed by atoms with E-state index in [1.807, 2.05) is 36.4 Å². The fourth-order valence-electron chi connectivity index (χ4n) is 3.81. The second kappa shape index (κ2) is 9.70. The molecule has 30 heavy (non-hydrogen) atoms. The first-order valence-electron chi connectivity index (χ1n) is 10.5. The molecule has 1 N–H and O–H groups in total. The summed E-state index contributed by atoms with van der Waals surface area (Å²) in [5, 5.41) is 3.24. The zero-order valence-corrected chi connectivity index (χ0v) is 17.4. The first-order chi connectivity index (χ1) is 14.7. The van der Waals surface area contributed by atoms with Crippen LogP contribution in [0.2, 0.25) is 0 Å². The van der Waals surface area contributed by atoms with Crippen LogP contribution in [0.25, 0.3) is 0 Å². The highest BCUT2D eigenvalue weighted by Gasteiger charge is 2.18. The van der Waals surface area contributed by atoms with Crippen LogP contribution in [-0.4, -0.2) is 37.1 Å². The zero-order valence-electron chi connectivity index (χ0n) is 17.4. The molecule has 1 saturated heterocycles. The van der Waals surface area contributed by atoms with Crippen molar-refractivity contribution in [3.05, 3.63) is 107 Å². The molecule has 1 aliphatic rings. The van der Waals surface area contributed by atoms with Crippen molar-refractivity contribution in [1.82, 2.24) is 10.2 Å². The first-order valence-corrected chi connectivity index (χ1v) is 10.5. The van der Waals surface area contributed by atoms with Gasteiger partial charge in [-0.05, 0) is 35.7 Å². The van der Waals surface area contributed by atoms with Crippen molar-refractivity contribution in [2.45, 2.75) is 19.5 Å². The Kier molecular flexibility index (Phi) is 6.57. The third-order valence-corrected chi connectivity index (χ3v) is 5.52. The van der Waals surface area contributed by atoms with Crippen LogP contribution in [0.4, 0.5) is 0 Å². The van der Waals surface area contributed by atoms with Crippen LogP contribution in [-0.2, 0) is 11.3 Å². The van der Waals surface area contributed by atoms with Crippen LogP contribution in [0, 0.1) is 6.92 Å².